The van der Waals surface area contributed by atoms with Crippen molar-refractivity contribution < 1.29 is 0 Å². The average Bonchev–Trinajstić information content (AvgIpc) is 3.19. The van der Waals surface area contributed by atoms with E-state index in [4.69, 9.17) is 11.6 Å². The predicted octanol–water partition coefficient (Wildman–Crippen LogP) is 8.77. The van der Waals surface area contributed by atoms with Crippen LogP contribution < -0.4 is 0 Å². The molecule has 0 spiro atoms. The molecule has 152 valence electrons. The molecular formula is C30H20ClN. The lowest BCUT2D eigenvalue weighted by Crippen LogP contribution is -1.95. The molecule has 0 unspecified atom stereocenters. The Balaban J connectivity index is 1.68. The molecule has 1 heterocycles. The number of para-hydroxylation sites is 2. The molecule has 0 aliphatic heterocycles. The van der Waals surface area contributed by atoms with E-state index < -0.39 is 0 Å². The second kappa shape index (κ2) is 7.71. The van der Waals surface area contributed by atoms with Crippen LogP contribution in [0.2, 0.25) is 5.02 Å². The van der Waals surface area contributed by atoms with Crippen LogP contribution in [0.15, 0.2) is 121 Å². The van der Waals surface area contributed by atoms with Crippen molar-refractivity contribution in [3.8, 4) is 27.9 Å². The van der Waals surface area contributed by atoms with E-state index in [1.54, 1.807) is 0 Å². The summed E-state index contributed by atoms with van der Waals surface area (Å²) in [5.74, 6) is 0. The molecule has 6 aromatic rings. The van der Waals surface area contributed by atoms with Crippen LogP contribution in [0.3, 0.4) is 0 Å². The number of hydrogen-bond donors (Lipinski definition) is 0. The molecule has 0 N–H and O–H groups in total. The highest BCUT2D eigenvalue weighted by molar-refractivity contribution is 6.30. The van der Waals surface area contributed by atoms with Gasteiger partial charge in [-0.3, -0.25) is 0 Å². The highest BCUT2D eigenvalue weighted by Gasteiger charge is 2.14. The lowest BCUT2D eigenvalue weighted by Gasteiger charge is -2.14. The Morgan fingerprint density at radius 2 is 0.938 bits per heavy atom. The average molecular weight is 430 g/mol. The zero-order valence-corrected chi connectivity index (χ0v) is 18.1. The molecule has 5 aromatic carbocycles. The molecule has 0 bridgehead atoms. The fourth-order valence-corrected chi connectivity index (χ4v) is 4.67. The van der Waals surface area contributed by atoms with Crippen molar-refractivity contribution >= 4 is 33.4 Å². The minimum atomic E-state index is 0.746. The monoisotopic (exact) mass is 429 g/mol. The van der Waals surface area contributed by atoms with Crippen LogP contribution in [-0.2, 0) is 0 Å². The number of fused-ring (bicyclic) bond motifs is 3. The van der Waals surface area contributed by atoms with E-state index >= 15 is 0 Å². The number of hydrogen-bond acceptors (Lipinski definition) is 0. The molecule has 0 aliphatic rings. The third-order valence-electron chi connectivity index (χ3n) is 6.04. The van der Waals surface area contributed by atoms with E-state index in [0.717, 1.165) is 16.3 Å². The SMILES string of the molecule is Clc1ccc(-c2cc(-c3ccccc3)cc(-n3c4ccccc4c4ccccc43)c2)cc1. The summed E-state index contributed by atoms with van der Waals surface area (Å²) in [6.45, 7) is 0. The van der Waals surface area contributed by atoms with Crippen LogP contribution in [0, 0.1) is 0 Å². The second-order valence-corrected chi connectivity index (χ2v) is 8.45. The Morgan fingerprint density at radius 3 is 1.53 bits per heavy atom. The van der Waals surface area contributed by atoms with Crippen LogP contribution >= 0.6 is 11.6 Å². The van der Waals surface area contributed by atoms with Gasteiger partial charge in [0.2, 0.25) is 0 Å². The maximum Gasteiger partial charge on any atom is 0.0541 e. The largest absolute Gasteiger partial charge is 0.309 e. The second-order valence-electron chi connectivity index (χ2n) is 8.01. The topological polar surface area (TPSA) is 4.93 Å². The molecular weight excluding hydrogens is 410 g/mol. The molecule has 0 atom stereocenters. The molecule has 6 rings (SSSR count). The van der Waals surface area contributed by atoms with Gasteiger partial charge >= 0.3 is 0 Å². The van der Waals surface area contributed by atoms with E-state index in [0.29, 0.717) is 0 Å². The van der Waals surface area contributed by atoms with Crippen molar-refractivity contribution in [3.63, 3.8) is 0 Å². The van der Waals surface area contributed by atoms with Gasteiger partial charge in [0.05, 0.1) is 11.0 Å². The molecule has 0 radical (unpaired) electrons. The highest BCUT2D eigenvalue weighted by atomic mass is 35.5. The fraction of sp³-hybridized carbons (Fsp3) is 0. The van der Waals surface area contributed by atoms with Gasteiger partial charge in [0.25, 0.3) is 0 Å². The molecule has 1 aromatic heterocycles. The third kappa shape index (κ3) is 3.19. The summed E-state index contributed by atoms with van der Waals surface area (Å²) >= 11 is 6.17. The first-order chi connectivity index (χ1) is 15.8. The van der Waals surface area contributed by atoms with Crippen molar-refractivity contribution in [1.29, 1.82) is 0 Å². The zero-order chi connectivity index (χ0) is 21.5. The summed E-state index contributed by atoms with van der Waals surface area (Å²) in [5, 5.41) is 3.28. The number of aromatic nitrogens is 1. The minimum absolute atomic E-state index is 0.746. The summed E-state index contributed by atoms with van der Waals surface area (Å²) in [7, 11) is 0. The summed E-state index contributed by atoms with van der Waals surface area (Å²) in [6, 6.07) is 42.7. The highest BCUT2D eigenvalue weighted by Crippen LogP contribution is 2.36. The van der Waals surface area contributed by atoms with Crippen molar-refractivity contribution in [1.82, 2.24) is 4.57 Å². The quantitative estimate of drug-likeness (QED) is 0.265. The molecule has 0 saturated carbocycles. The lowest BCUT2D eigenvalue weighted by atomic mass is 9.98. The molecule has 0 amide bonds. The lowest BCUT2D eigenvalue weighted by molar-refractivity contribution is 1.18. The Labute approximate surface area is 192 Å². The first-order valence-corrected chi connectivity index (χ1v) is 11.1. The summed E-state index contributed by atoms with van der Waals surface area (Å²) < 4.78 is 2.37. The standard InChI is InChI=1S/C30H20ClN/c31-25-16-14-22(15-17-25)24-18-23(21-8-2-1-3-9-21)19-26(20-24)32-29-12-6-4-10-27(29)28-11-5-7-13-30(28)32/h1-20H. The van der Waals surface area contributed by atoms with Crippen LogP contribution in [0.5, 0.6) is 0 Å². The Morgan fingerprint density at radius 1 is 0.438 bits per heavy atom. The van der Waals surface area contributed by atoms with Crippen molar-refractivity contribution in [3.05, 3.63) is 126 Å². The van der Waals surface area contributed by atoms with Crippen LogP contribution in [0.25, 0.3) is 49.7 Å². The minimum Gasteiger partial charge on any atom is -0.309 e. The van der Waals surface area contributed by atoms with Gasteiger partial charge in [0.1, 0.15) is 0 Å². The molecule has 2 heteroatoms. The van der Waals surface area contributed by atoms with Crippen LogP contribution in [-0.4, -0.2) is 4.57 Å². The maximum absolute atomic E-state index is 6.17. The number of rotatable bonds is 3. The van der Waals surface area contributed by atoms with Gasteiger partial charge in [-0.2, -0.15) is 0 Å². The van der Waals surface area contributed by atoms with Crippen molar-refractivity contribution in [2.24, 2.45) is 0 Å². The van der Waals surface area contributed by atoms with E-state index in [1.165, 1.54) is 38.5 Å². The van der Waals surface area contributed by atoms with Gasteiger partial charge < -0.3 is 4.57 Å². The van der Waals surface area contributed by atoms with E-state index in [1.807, 2.05) is 12.1 Å². The molecule has 32 heavy (non-hydrogen) atoms. The van der Waals surface area contributed by atoms with Gasteiger partial charge in [-0.25, -0.2) is 0 Å². The number of nitrogens with zero attached hydrogens (tertiary/aromatic N) is 1. The summed E-state index contributed by atoms with van der Waals surface area (Å²) in [5.41, 5.74) is 8.27. The first kappa shape index (κ1) is 18.9. The molecule has 0 aliphatic carbocycles. The van der Waals surface area contributed by atoms with Gasteiger partial charge in [0, 0.05) is 21.5 Å². The molecule has 0 saturated heterocycles. The van der Waals surface area contributed by atoms with Crippen LogP contribution in [0.1, 0.15) is 0 Å². The van der Waals surface area contributed by atoms with Crippen molar-refractivity contribution in [2.45, 2.75) is 0 Å². The Bertz CT molecular complexity index is 1510. The van der Waals surface area contributed by atoms with E-state index in [-0.39, 0.29) is 0 Å². The Hall–Kier alpha value is -3.81. The van der Waals surface area contributed by atoms with Gasteiger partial charge in [-0.1, -0.05) is 90.5 Å². The predicted molar refractivity (Wildman–Crippen MR) is 137 cm³/mol. The Kier molecular flexibility index (Phi) is 4.56. The molecule has 1 nitrogen and oxygen atoms in total. The summed E-state index contributed by atoms with van der Waals surface area (Å²) in [4.78, 5) is 0. The molecule has 0 fully saturated rings. The normalized spacial score (nSPS) is 11.3. The smallest absolute Gasteiger partial charge is 0.0541 e. The zero-order valence-electron chi connectivity index (χ0n) is 17.4. The number of halogens is 1. The summed E-state index contributed by atoms with van der Waals surface area (Å²) in [6.07, 6.45) is 0. The fourth-order valence-electron chi connectivity index (χ4n) is 4.55. The van der Waals surface area contributed by atoms with Crippen LogP contribution in [0.4, 0.5) is 0 Å². The number of benzene rings is 5. The van der Waals surface area contributed by atoms with E-state index in [9.17, 15) is 0 Å². The van der Waals surface area contributed by atoms with Gasteiger partial charge in [-0.15, -0.1) is 0 Å². The van der Waals surface area contributed by atoms with Gasteiger partial charge in [-0.05, 0) is 64.7 Å². The van der Waals surface area contributed by atoms with Gasteiger partial charge in [0.15, 0.2) is 0 Å². The van der Waals surface area contributed by atoms with E-state index in [2.05, 4.69) is 114 Å². The van der Waals surface area contributed by atoms with Crippen molar-refractivity contribution in [2.75, 3.05) is 0 Å². The first-order valence-electron chi connectivity index (χ1n) is 10.7. The third-order valence-corrected chi connectivity index (χ3v) is 6.29. The maximum atomic E-state index is 6.17.